The number of nitrogens with zero attached hydrogens (tertiary/aromatic N) is 2. The van der Waals surface area contributed by atoms with E-state index in [9.17, 15) is 10.0 Å². The Morgan fingerprint density at radius 3 is 2.66 bits per heavy atom. The molecule has 0 atom stereocenters. The average Bonchev–Trinajstić information content (AvgIpc) is 3.05. The van der Waals surface area contributed by atoms with Gasteiger partial charge in [0.1, 0.15) is 32.0 Å². The zero-order valence-corrected chi connectivity index (χ0v) is 19.6. The maximum atomic E-state index is 12.8. The number of aromatic nitrogens is 2. The molecule has 0 aliphatic carbocycles. The van der Waals surface area contributed by atoms with Crippen molar-refractivity contribution < 1.29 is 13.7 Å². The van der Waals surface area contributed by atoms with Gasteiger partial charge >= 0.3 is 5.24 Å². The second-order valence-corrected chi connectivity index (χ2v) is 11.4. The predicted molar refractivity (Wildman–Crippen MR) is 122 cm³/mol. The quantitative estimate of drug-likeness (QED) is 0.288. The van der Waals surface area contributed by atoms with Gasteiger partial charge in [-0.15, -0.1) is 11.8 Å². The van der Waals surface area contributed by atoms with Gasteiger partial charge in [0.25, 0.3) is 0 Å². The van der Waals surface area contributed by atoms with Crippen LogP contribution in [0.4, 0.5) is 10.5 Å². The Labute approximate surface area is 181 Å². The van der Waals surface area contributed by atoms with E-state index < -0.39 is 0 Å². The summed E-state index contributed by atoms with van der Waals surface area (Å²) in [6.45, 7) is 11.0. The number of imidazole rings is 1. The molecular weight excluding hydrogens is 406 g/mol. The smallest absolute Gasteiger partial charge is 0.340 e. The second kappa shape index (κ2) is 8.85. The summed E-state index contributed by atoms with van der Waals surface area (Å²) in [4.78, 5) is 22.0. The molecule has 2 heterocycles. The fraction of sp³-hybridized carbons (Fsp3) is 0.600. The van der Waals surface area contributed by atoms with Crippen molar-refractivity contribution in [2.24, 2.45) is 0 Å². The molecule has 2 aromatic rings. The first-order valence-electron chi connectivity index (χ1n) is 10.1. The average molecular weight is 439 g/mol. The number of amides is 1. The van der Waals surface area contributed by atoms with Crippen molar-refractivity contribution in [3.8, 4) is 0 Å². The molecule has 1 aliphatic rings. The topological polar surface area (TPSA) is 85.3 Å². The van der Waals surface area contributed by atoms with Crippen molar-refractivity contribution in [1.29, 1.82) is 0 Å². The van der Waals surface area contributed by atoms with E-state index in [1.165, 1.54) is 11.9 Å². The van der Waals surface area contributed by atoms with Gasteiger partial charge < -0.3 is 20.6 Å². The SMILES string of the molecule is CCCSc1cc2nc(C(C)(C)C)[nH]c2cc1NC(=O)S[N+]1(C)CC[NH+]([O-])CC1. The summed E-state index contributed by atoms with van der Waals surface area (Å²) >= 11 is 3.01. The molecule has 1 saturated heterocycles. The molecule has 0 saturated carbocycles. The summed E-state index contributed by atoms with van der Waals surface area (Å²) in [6.07, 6.45) is 1.06. The molecule has 0 spiro atoms. The molecule has 29 heavy (non-hydrogen) atoms. The van der Waals surface area contributed by atoms with E-state index in [4.69, 9.17) is 4.98 Å². The number of piperazine rings is 1. The third-order valence-electron chi connectivity index (χ3n) is 5.02. The molecule has 3 N–H and O–H groups in total. The van der Waals surface area contributed by atoms with Crippen LogP contribution < -0.4 is 10.4 Å². The first-order valence-corrected chi connectivity index (χ1v) is 11.9. The molecule has 1 fully saturated rings. The number of nitrogens with one attached hydrogen (secondary N) is 3. The van der Waals surface area contributed by atoms with Gasteiger partial charge in [0.15, 0.2) is 11.9 Å². The molecule has 7 nitrogen and oxygen atoms in total. The van der Waals surface area contributed by atoms with Crippen molar-refractivity contribution >= 4 is 45.7 Å². The van der Waals surface area contributed by atoms with Crippen LogP contribution in [-0.4, -0.2) is 58.1 Å². The van der Waals surface area contributed by atoms with E-state index in [1.807, 2.05) is 13.1 Å². The Hall–Kier alpha value is -1.26. The van der Waals surface area contributed by atoms with Crippen molar-refractivity contribution in [2.75, 3.05) is 44.3 Å². The molecule has 160 valence electrons. The summed E-state index contributed by atoms with van der Waals surface area (Å²) in [6, 6.07) is 4.06. The van der Waals surface area contributed by atoms with Crippen LogP contribution >= 0.6 is 23.7 Å². The first kappa shape index (κ1) is 22.4. The molecule has 3 rings (SSSR count). The van der Waals surface area contributed by atoms with Gasteiger partial charge in [-0.05, 0) is 24.3 Å². The van der Waals surface area contributed by atoms with E-state index in [1.54, 1.807) is 11.8 Å². The molecule has 1 aromatic carbocycles. The number of thioether (sulfide) groups is 1. The van der Waals surface area contributed by atoms with Crippen LogP contribution in [-0.2, 0) is 5.41 Å². The summed E-state index contributed by atoms with van der Waals surface area (Å²) in [5.41, 5.74) is 2.60. The third kappa shape index (κ3) is 5.67. The molecule has 1 amide bonds. The molecule has 9 heteroatoms. The maximum absolute atomic E-state index is 12.8. The van der Waals surface area contributed by atoms with E-state index in [2.05, 4.69) is 44.1 Å². The fourth-order valence-corrected chi connectivity index (χ4v) is 5.01. The Kier molecular flexibility index (Phi) is 6.84. The van der Waals surface area contributed by atoms with Crippen LogP contribution in [0.15, 0.2) is 17.0 Å². The molecule has 0 radical (unpaired) electrons. The molecular formula is C20H32N5O2S2+. The summed E-state index contributed by atoms with van der Waals surface area (Å²) < 4.78 is 0.537. The van der Waals surface area contributed by atoms with Gasteiger partial charge in [-0.2, -0.15) is 0 Å². The lowest BCUT2D eigenvalue weighted by Crippen LogP contribution is -3.10. The van der Waals surface area contributed by atoms with Gasteiger partial charge in [0.05, 0.1) is 23.8 Å². The normalized spacial score (nSPS) is 22.8. The number of H-pyrrole nitrogens is 1. The molecule has 1 aromatic heterocycles. The van der Waals surface area contributed by atoms with Crippen molar-refractivity contribution in [2.45, 2.75) is 44.4 Å². The minimum absolute atomic E-state index is 0.0699. The Morgan fingerprint density at radius 2 is 2.03 bits per heavy atom. The van der Waals surface area contributed by atoms with E-state index in [-0.39, 0.29) is 10.7 Å². The highest BCUT2D eigenvalue weighted by Crippen LogP contribution is 2.34. The van der Waals surface area contributed by atoms with Crippen LogP contribution in [0.1, 0.15) is 39.9 Å². The number of quaternary nitrogens is 2. The highest BCUT2D eigenvalue weighted by atomic mass is 32.2. The lowest BCUT2D eigenvalue weighted by molar-refractivity contribution is -0.933. The van der Waals surface area contributed by atoms with Crippen LogP contribution in [0.2, 0.25) is 0 Å². The molecule has 0 bridgehead atoms. The van der Waals surface area contributed by atoms with Crippen molar-refractivity contribution in [3.05, 3.63) is 23.2 Å². The monoisotopic (exact) mass is 438 g/mol. The van der Waals surface area contributed by atoms with Crippen LogP contribution in [0.3, 0.4) is 0 Å². The van der Waals surface area contributed by atoms with Crippen molar-refractivity contribution in [3.63, 3.8) is 0 Å². The largest absolute Gasteiger partial charge is 0.634 e. The number of likely N-dealkylation sites (N-methyl/N-ethyl adjacent to an activating group) is 1. The lowest BCUT2D eigenvalue weighted by atomic mass is 9.96. The Bertz CT molecular complexity index is 870. The summed E-state index contributed by atoms with van der Waals surface area (Å²) in [5, 5.41) is 14.8. The number of hydroxylamine groups is 2. The number of carbonyl (C=O) groups is 1. The van der Waals surface area contributed by atoms with Gasteiger partial charge in [0, 0.05) is 10.3 Å². The zero-order chi connectivity index (χ0) is 21.2. The predicted octanol–water partition coefficient (Wildman–Crippen LogP) is 3.39. The highest BCUT2D eigenvalue weighted by Gasteiger charge is 2.33. The van der Waals surface area contributed by atoms with Crippen LogP contribution in [0.25, 0.3) is 11.0 Å². The number of anilines is 1. The van der Waals surface area contributed by atoms with Gasteiger partial charge in [0.2, 0.25) is 0 Å². The van der Waals surface area contributed by atoms with Crippen LogP contribution in [0.5, 0.6) is 0 Å². The molecule has 1 aliphatic heterocycles. The molecule has 0 unspecified atom stereocenters. The third-order valence-corrected chi connectivity index (χ3v) is 7.36. The lowest BCUT2D eigenvalue weighted by Gasteiger charge is -2.38. The maximum Gasteiger partial charge on any atom is 0.340 e. The number of fused-ring (bicyclic) bond motifs is 1. The van der Waals surface area contributed by atoms with E-state index >= 15 is 0 Å². The Morgan fingerprint density at radius 1 is 1.34 bits per heavy atom. The number of benzene rings is 1. The standard InChI is InChI=1S/C20H31N5O2S2/c1-6-11-28-17-13-15-14(21-18(22-15)20(2,3)4)12-16(17)23-19(26)29-25(5)9-7-24(27)8-10-25/h12-13,24H,6-11H2,1-5H3,(H-,21,22,23,26)/p+1. The van der Waals surface area contributed by atoms with E-state index in [0.717, 1.165) is 39.6 Å². The second-order valence-electron chi connectivity index (χ2n) is 8.84. The minimum atomic E-state index is -0.0879. The number of hydrogen-bond acceptors (Lipinski definition) is 5. The van der Waals surface area contributed by atoms with Crippen LogP contribution in [0, 0.1) is 5.21 Å². The number of hydrogen-bond donors (Lipinski definition) is 3. The summed E-state index contributed by atoms with van der Waals surface area (Å²) in [5.74, 6) is 1.92. The number of rotatable bonds is 5. The number of carbonyl (C=O) groups excluding carboxylic acids is 1. The van der Waals surface area contributed by atoms with Gasteiger partial charge in [-0.1, -0.05) is 27.7 Å². The highest BCUT2D eigenvalue weighted by molar-refractivity contribution is 8.09. The van der Waals surface area contributed by atoms with E-state index in [0.29, 0.717) is 35.1 Å². The zero-order valence-electron chi connectivity index (χ0n) is 17.9. The van der Waals surface area contributed by atoms with Gasteiger partial charge in [-0.25, -0.2) is 8.87 Å². The summed E-state index contributed by atoms with van der Waals surface area (Å²) in [7, 11) is 2.02. The van der Waals surface area contributed by atoms with Crippen molar-refractivity contribution in [1.82, 2.24) is 9.97 Å². The fourth-order valence-electron chi connectivity index (χ4n) is 3.21. The first-order chi connectivity index (χ1) is 13.6. The minimum Gasteiger partial charge on any atom is -0.634 e. The number of aromatic amines is 1. The van der Waals surface area contributed by atoms with Gasteiger partial charge in [-0.3, -0.25) is 4.79 Å². The Balaban J connectivity index is 1.83.